The minimum atomic E-state index is 0.162. The molecule has 1 rings (SSSR count). The third kappa shape index (κ3) is 7.28. The quantitative estimate of drug-likeness (QED) is 0.597. The minimum absolute atomic E-state index is 0.162. The van der Waals surface area contributed by atoms with Crippen LogP contribution in [0.5, 0.6) is 0 Å². The number of aromatic nitrogens is 1. The van der Waals surface area contributed by atoms with Gasteiger partial charge in [0.25, 0.3) is 0 Å². The van der Waals surface area contributed by atoms with Crippen molar-refractivity contribution in [2.24, 2.45) is 0 Å². The van der Waals surface area contributed by atoms with Crippen molar-refractivity contribution in [1.29, 1.82) is 0 Å². The average Bonchev–Trinajstić information content (AvgIpc) is 2.42. The second-order valence-corrected chi connectivity index (χ2v) is 4.56. The van der Waals surface area contributed by atoms with Crippen LogP contribution in [0.2, 0.25) is 0 Å². The summed E-state index contributed by atoms with van der Waals surface area (Å²) in [5, 5.41) is 6.14. The topological polar surface area (TPSA) is 80.0 Å². The van der Waals surface area contributed by atoms with E-state index in [0.29, 0.717) is 12.1 Å². The number of nitrogens with zero attached hydrogens (tertiary/aromatic N) is 1. The number of carbonyl (C=O) groups is 1. The number of nitrogen functional groups attached to an aromatic ring is 1. The molecule has 0 saturated heterocycles. The zero-order valence-electron chi connectivity index (χ0n) is 11.6. The molecule has 19 heavy (non-hydrogen) atoms. The van der Waals surface area contributed by atoms with Gasteiger partial charge >= 0.3 is 0 Å². The molecule has 0 saturated carbocycles. The molecule has 0 aliphatic rings. The highest BCUT2D eigenvalue weighted by molar-refractivity contribution is 5.75. The molecule has 0 atom stereocenters. The lowest BCUT2D eigenvalue weighted by Gasteiger charge is -2.06. The van der Waals surface area contributed by atoms with Gasteiger partial charge in [0.15, 0.2) is 0 Å². The summed E-state index contributed by atoms with van der Waals surface area (Å²) in [7, 11) is 0. The fraction of sp³-hybridized carbons (Fsp3) is 0.571. The lowest BCUT2D eigenvalue weighted by atomic mass is 10.2. The summed E-state index contributed by atoms with van der Waals surface area (Å²) in [6, 6.07) is 3.69. The van der Waals surface area contributed by atoms with Crippen LogP contribution in [0.15, 0.2) is 18.3 Å². The summed E-state index contributed by atoms with van der Waals surface area (Å²) in [5.74, 6) is 0.996. The molecular formula is C14H24N4O. The molecule has 0 aromatic carbocycles. The van der Waals surface area contributed by atoms with Crippen molar-refractivity contribution in [3.05, 3.63) is 18.3 Å². The van der Waals surface area contributed by atoms with Crippen LogP contribution in [-0.2, 0) is 4.79 Å². The van der Waals surface area contributed by atoms with Crippen molar-refractivity contribution >= 4 is 17.4 Å². The minimum Gasteiger partial charge on any atom is -0.397 e. The van der Waals surface area contributed by atoms with E-state index in [2.05, 4.69) is 22.5 Å². The summed E-state index contributed by atoms with van der Waals surface area (Å²) < 4.78 is 0. The Kier molecular flexibility index (Phi) is 7.39. The van der Waals surface area contributed by atoms with E-state index in [1.165, 1.54) is 0 Å². The maximum absolute atomic E-state index is 11.3. The largest absolute Gasteiger partial charge is 0.397 e. The van der Waals surface area contributed by atoms with Crippen molar-refractivity contribution in [2.45, 2.75) is 39.0 Å². The second-order valence-electron chi connectivity index (χ2n) is 4.56. The van der Waals surface area contributed by atoms with Crippen LogP contribution in [0.4, 0.5) is 11.5 Å². The number of pyridine rings is 1. The van der Waals surface area contributed by atoms with Crippen LogP contribution < -0.4 is 16.4 Å². The number of carbonyl (C=O) groups excluding carboxylic acids is 1. The van der Waals surface area contributed by atoms with E-state index in [1.54, 1.807) is 6.20 Å². The van der Waals surface area contributed by atoms with Crippen molar-refractivity contribution < 1.29 is 4.79 Å². The maximum Gasteiger partial charge on any atom is 0.219 e. The highest BCUT2D eigenvalue weighted by Gasteiger charge is 1.98. The molecule has 0 radical (unpaired) electrons. The summed E-state index contributed by atoms with van der Waals surface area (Å²) in [5.41, 5.74) is 6.22. The Morgan fingerprint density at radius 2 is 2.05 bits per heavy atom. The summed E-state index contributed by atoms with van der Waals surface area (Å²) in [6.45, 7) is 3.69. The number of unbranched alkanes of at least 4 members (excludes halogenated alkanes) is 2. The molecule has 5 nitrogen and oxygen atoms in total. The number of nitrogens with two attached hydrogens (primary N) is 1. The van der Waals surface area contributed by atoms with Gasteiger partial charge in [-0.05, 0) is 31.4 Å². The monoisotopic (exact) mass is 264 g/mol. The first-order valence-corrected chi connectivity index (χ1v) is 6.94. The SMILES string of the molecule is CCCCC(=O)NCCCCNc1ccc(N)cn1. The van der Waals surface area contributed by atoms with Crippen LogP contribution >= 0.6 is 0 Å². The number of hydrogen-bond acceptors (Lipinski definition) is 4. The van der Waals surface area contributed by atoms with Gasteiger partial charge in [0.05, 0.1) is 11.9 Å². The molecule has 0 bridgehead atoms. The first kappa shape index (κ1) is 15.3. The second kappa shape index (κ2) is 9.19. The third-order valence-electron chi connectivity index (χ3n) is 2.78. The Hall–Kier alpha value is -1.78. The molecule has 4 N–H and O–H groups in total. The Balaban J connectivity index is 1.99. The molecule has 0 unspecified atom stereocenters. The Bertz CT molecular complexity index is 364. The number of anilines is 2. The molecule has 1 heterocycles. The molecule has 1 aromatic rings. The molecule has 0 aliphatic heterocycles. The lowest BCUT2D eigenvalue weighted by Crippen LogP contribution is -2.24. The van der Waals surface area contributed by atoms with E-state index in [9.17, 15) is 4.79 Å². The van der Waals surface area contributed by atoms with Crippen molar-refractivity contribution in [3.63, 3.8) is 0 Å². The van der Waals surface area contributed by atoms with Gasteiger partial charge in [0.2, 0.25) is 5.91 Å². The first-order chi connectivity index (χ1) is 9.22. The third-order valence-corrected chi connectivity index (χ3v) is 2.78. The van der Waals surface area contributed by atoms with E-state index in [-0.39, 0.29) is 5.91 Å². The molecule has 1 aromatic heterocycles. The van der Waals surface area contributed by atoms with Crippen LogP contribution in [0.1, 0.15) is 39.0 Å². The van der Waals surface area contributed by atoms with Crippen LogP contribution in [-0.4, -0.2) is 24.0 Å². The number of rotatable bonds is 9. The Labute approximate surface area is 115 Å². The van der Waals surface area contributed by atoms with E-state index in [0.717, 1.165) is 44.6 Å². The predicted molar refractivity (Wildman–Crippen MR) is 78.9 cm³/mol. The van der Waals surface area contributed by atoms with E-state index in [4.69, 9.17) is 5.73 Å². The molecule has 0 spiro atoms. The van der Waals surface area contributed by atoms with E-state index < -0.39 is 0 Å². The highest BCUT2D eigenvalue weighted by atomic mass is 16.1. The predicted octanol–water partition coefficient (Wildman–Crippen LogP) is 2.16. The summed E-state index contributed by atoms with van der Waals surface area (Å²) >= 11 is 0. The maximum atomic E-state index is 11.3. The van der Waals surface area contributed by atoms with Gasteiger partial charge in [-0.1, -0.05) is 13.3 Å². The van der Waals surface area contributed by atoms with Crippen LogP contribution in [0.25, 0.3) is 0 Å². The Morgan fingerprint density at radius 3 is 2.74 bits per heavy atom. The van der Waals surface area contributed by atoms with Gasteiger partial charge in [-0.15, -0.1) is 0 Å². The van der Waals surface area contributed by atoms with Gasteiger partial charge in [-0.25, -0.2) is 4.98 Å². The van der Waals surface area contributed by atoms with Crippen molar-refractivity contribution in [3.8, 4) is 0 Å². The molecule has 1 amide bonds. The zero-order chi connectivity index (χ0) is 13.9. The normalized spacial score (nSPS) is 10.2. The lowest BCUT2D eigenvalue weighted by molar-refractivity contribution is -0.121. The standard InChI is InChI=1S/C14H24N4O/c1-2-3-6-14(19)17-10-5-4-9-16-13-8-7-12(15)11-18-13/h7-8,11H,2-6,9-10,15H2,1H3,(H,16,18)(H,17,19). The fourth-order valence-corrected chi connectivity index (χ4v) is 1.63. The molecule has 106 valence electrons. The van der Waals surface area contributed by atoms with Gasteiger partial charge in [0, 0.05) is 19.5 Å². The molecule has 5 heteroatoms. The van der Waals surface area contributed by atoms with Crippen molar-refractivity contribution in [2.75, 3.05) is 24.1 Å². The molecular weight excluding hydrogens is 240 g/mol. The van der Waals surface area contributed by atoms with Gasteiger partial charge in [-0.2, -0.15) is 0 Å². The highest BCUT2D eigenvalue weighted by Crippen LogP contribution is 2.05. The smallest absolute Gasteiger partial charge is 0.219 e. The first-order valence-electron chi connectivity index (χ1n) is 6.94. The van der Waals surface area contributed by atoms with Crippen molar-refractivity contribution in [1.82, 2.24) is 10.3 Å². The summed E-state index contributed by atoms with van der Waals surface area (Å²) in [6.07, 6.45) is 6.28. The van der Waals surface area contributed by atoms with Gasteiger partial charge in [0.1, 0.15) is 5.82 Å². The van der Waals surface area contributed by atoms with Crippen LogP contribution in [0.3, 0.4) is 0 Å². The summed E-state index contributed by atoms with van der Waals surface area (Å²) in [4.78, 5) is 15.5. The Morgan fingerprint density at radius 1 is 1.26 bits per heavy atom. The molecule has 0 fully saturated rings. The van der Waals surface area contributed by atoms with E-state index >= 15 is 0 Å². The number of amides is 1. The van der Waals surface area contributed by atoms with Crippen LogP contribution in [0, 0.1) is 0 Å². The fourth-order valence-electron chi connectivity index (χ4n) is 1.63. The number of hydrogen-bond donors (Lipinski definition) is 3. The average molecular weight is 264 g/mol. The van der Waals surface area contributed by atoms with E-state index in [1.807, 2.05) is 12.1 Å². The zero-order valence-corrected chi connectivity index (χ0v) is 11.6. The van der Waals surface area contributed by atoms with Gasteiger partial charge in [-0.3, -0.25) is 4.79 Å². The van der Waals surface area contributed by atoms with Gasteiger partial charge < -0.3 is 16.4 Å². The number of nitrogens with one attached hydrogen (secondary N) is 2. The molecule has 0 aliphatic carbocycles.